The molecule has 0 bridgehead atoms. The van der Waals surface area contributed by atoms with Gasteiger partial charge in [0.05, 0.1) is 5.01 Å². The van der Waals surface area contributed by atoms with E-state index >= 15 is 0 Å². The second kappa shape index (κ2) is 7.56. The van der Waals surface area contributed by atoms with Crippen LogP contribution in [0, 0.1) is 6.92 Å². The van der Waals surface area contributed by atoms with Crippen molar-refractivity contribution >= 4 is 28.7 Å². The average Bonchev–Trinajstić information content (AvgIpc) is 3.07. The Labute approximate surface area is 133 Å². The van der Waals surface area contributed by atoms with Crippen LogP contribution < -0.4 is 10.6 Å². The molecule has 4 nitrogen and oxygen atoms in total. The molecule has 2 heterocycles. The first-order valence-corrected chi connectivity index (χ1v) is 8.79. The molecule has 2 N–H and O–H groups in total. The number of nitrogens with one attached hydrogen (secondary N) is 2. The molecular formula is C15H21N3OS2. The number of aryl methyl sites for hydroxylation is 1. The highest BCUT2D eigenvalue weighted by Gasteiger charge is 2.12. The predicted molar refractivity (Wildman–Crippen MR) is 89.3 cm³/mol. The van der Waals surface area contributed by atoms with Crippen molar-refractivity contribution in [3.8, 4) is 0 Å². The third-order valence-electron chi connectivity index (χ3n) is 3.09. The molecular weight excluding hydrogens is 302 g/mol. The fourth-order valence-corrected chi connectivity index (χ4v) is 3.68. The summed E-state index contributed by atoms with van der Waals surface area (Å²) in [7, 11) is 0. The smallest absolute Gasteiger partial charge is 0.315 e. The summed E-state index contributed by atoms with van der Waals surface area (Å²) in [5, 5.41) is 11.1. The number of hydrogen-bond acceptors (Lipinski definition) is 4. The molecule has 0 saturated heterocycles. The Balaban J connectivity index is 1.71. The second-order valence-electron chi connectivity index (χ2n) is 5.27. The number of amides is 2. The zero-order valence-corrected chi connectivity index (χ0v) is 14.2. The molecule has 2 rings (SSSR count). The van der Waals surface area contributed by atoms with Gasteiger partial charge in [-0.05, 0) is 25.3 Å². The minimum absolute atomic E-state index is 0.112. The van der Waals surface area contributed by atoms with E-state index in [9.17, 15) is 4.79 Å². The predicted octanol–water partition coefficient (Wildman–Crippen LogP) is 3.55. The van der Waals surface area contributed by atoms with E-state index in [2.05, 4.69) is 34.0 Å². The second-order valence-corrected chi connectivity index (χ2v) is 7.19. The molecule has 2 atom stereocenters. The van der Waals surface area contributed by atoms with Crippen LogP contribution >= 0.6 is 22.7 Å². The van der Waals surface area contributed by atoms with Crippen molar-refractivity contribution in [1.82, 2.24) is 15.6 Å². The summed E-state index contributed by atoms with van der Waals surface area (Å²) >= 11 is 3.36. The molecule has 0 aliphatic heterocycles. The normalized spacial score (nSPS) is 13.7. The molecule has 0 saturated carbocycles. The third kappa shape index (κ3) is 5.13. The SMILES string of the molecule is Cc1csc([C@H](C)CNC(=O)N[C@H](C)Cc2cccs2)n1. The van der Waals surface area contributed by atoms with Crippen LogP contribution in [0.4, 0.5) is 4.79 Å². The minimum atomic E-state index is -0.112. The molecule has 6 heteroatoms. The van der Waals surface area contributed by atoms with Crippen LogP contribution in [0.15, 0.2) is 22.9 Å². The zero-order valence-electron chi connectivity index (χ0n) is 12.6. The molecule has 0 aliphatic rings. The van der Waals surface area contributed by atoms with Gasteiger partial charge >= 0.3 is 6.03 Å². The van der Waals surface area contributed by atoms with E-state index in [0.717, 1.165) is 17.1 Å². The van der Waals surface area contributed by atoms with Crippen molar-refractivity contribution in [1.29, 1.82) is 0 Å². The third-order valence-corrected chi connectivity index (χ3v) is 5.18. The van der Waals surface area contributed by atoms with Gasteiger partial charge < -0.3 is 10.6 Å². The maximum absolute atomic E-state index is 11.9. The summed E-state index contributed by atoms with van der Waals surface area (Å²) in [5.74, 6) is 0.238. The van der Waals surface area contributed by atoms with E-state index in [1.165, 1.54) is 4.88 Å². The maximum atomic E-state index is 11.9. The van der Waals surface area contributed by atoms with Gasteiger partial charge in [-0.15, -0.1) is 22.7 Å². The maximum Gasteiger partial charge on any atom is 0.315 e. The molecule has 0 unspecified atom stereocenters. The Kier molecular flexibility index (Phi) is 5.76. The van der Waals surface area contributed by atoms with E-state index in [-0.39, 0.29) is 18.0 Å². The summed E-state index contributed by atoms with van der Waals surface area (Å²) in [6.45, 7) is 6.68. The number of hydrogen-bond donors (Lipinski definition) is 2. The van der Waals surface area contributed by atoms with Crippen molar-refractivity contribution in [2.24, 2.45) is 0 Å². The van der Waals surface area contributed by atoms with Crippen LogP contribution in [-0.2, 0) is 6.42 Å². The van der Waals surface area contributed by atoms with Crippen LogP contribution in [0.2, 0.25) is 0 Å². The van der Waals surface area contributed by atoms with E-state index in [4.69, 9.17) is 0 Å². The van der Waals surface area contributed by atoms with Crippen molar-refractivity contribution in [3.63, 3.8) is 0 Å². The standard InChI is InChI=1S/C15H21N3OS2/c1-10(14-17-12(3)9-21-14)8-16-15(19)18-11(2)7-13-5-4-6-20-13/h4-6,9-11H,7-8H2,1-3H3,(H2,16,18,19)/t10-,11-/m1/s1. The highest BCUT2D eigenvalue weighted by atomic mass is 32.1. The number of nitrogens with zero attached hydrogens (tertiary/aromatic N) is 1. The molecule has 0 aromatic carbocycles. The van der Waals surface area contributed by atoms with E-state index in [0.29, 0.717) is 6.54 Å². The van der Waals surface area contributed by atoms with E-state index in [1.807, 2.05) is 25.3 Å². The van der Waals surface area contributed by atoms with Crippen molar-refractivity contribution in [2.75, 3.05) is 6.54 Å². The Morgan fingerprint density at radius 1 is 1.38 bits per heavy atom. The lowest BCUT2D eigenvalue weighted by Crippen LogP contribution is -2.42. The molecule has 2 aromatic heterocycles. The van der Waals surface area contributed by atoms with Gasteiger partial charge in [0.2, 0.25) is 0 Å². The molecule has 0 radical (unpaired) electrons. The van der Waals surface area contributed by atoms with Gasteiger partial charge in [-0.25, -0.2) is 9.78 Å². The number of rotatable bonds is 6. The number of urea groups is 1. The summed E-state index contributed by atoms with van der Waals surface area (Å²) in [6.07, 6.45) is 0.867. The Morgan fingerprint density at radius 2 is 2.19 bits per heavy atom. The summed E-state index contributed by atoms with van der Waals surface area (Å²) < 4.78 is 0. The summed E-state index contributed by atoms with van der Waals surface area (Å²) in [6, 6.07) is 4.14. The molecule has 2 amide bonds. The van der Waals surface area contributed by atoms with Crippen molar-refractivity contribution < 1.29 is 4.79 Å². The topological polar surface area (TPSA) is 54.0 Å². The Morgan fingerprint density at radius 3 is 2.81 bits per heavy atom. The monoisotopic (exact) mass is 323 g/mol. The lowest BCUT2D eigenvalue weighted by atomic mass is 10.2. The van der Waals surface area contributed by atoms with E-state index in [1.54, 1.807) is 22.7 Å². The van der Waals surface area contributed by atoms with Crippen molar-refractivity contribution in [2.45, 2.75) is 39.2 Å². The zero-order chi connectivity index (χ0) is 15.2. The number of aromatic nitrogens is 1. The average molecular weight is 323 g/mol. The number of carbonyl (C=O) groups excluding carboxylic acids is 1. The molecule has 0 aliphatic carbocycles. The molecule has 21 heavy (non-hydrogen) atoms. The largest absolute Gasteiger partial charge is 0.337 e. The van der Waals surface area contributed by atoms with Gasteiger partial charge in [0.1, 0.15) is 0 Å². The first-order chi connectivity index (χ1) is 10.0. The minimum Gasteiger partial charge on any atom is -0.337 e. The lowest BCUT2D eigenvalue weighted by Gasteiger charge is -2.15. The van der Waals surface area contributed by atoms with Crippen LogP contribution in [0.5, 0.6) is 0 Å². The lowest BCUT2D eigenvalue weighted by molar-refractivity contribution is 0.237. The first-order valence-electron chi connectivity index (χ1n) is 7.03. The first kappa shape index (κ1) is 16.0. The van der Waals surface area contributed by atoms with E-state index < -0.39 is 0 Å². The van der Waals surface area contributed by atoms with Gasteiger partial charge in [0, 0.05) is 40.9 Å². The van der Waals surface area contributed by atoms with Crippen LogP contribution in [0.25, 0.3) is 0 Å². The van der Waals surface area contributed by atoms with Crippen LogP contribution in [0.1, 0.15) is 35.3 Å². The number of carbonyl (C=O) groups is 1. The Hall–Kier alpha value is -1.40. The molecule has 114 valence electrons. The number of thiazole rings is 1. The van der Waals surface area contributed by atoms with Crippen LogP contribution in [-0.4, -0.2) is 23.6 Å². The fraction of sp³-hybridized carbons (Fsp3) is 0.467. The molecule has 0 spiro atoms. The summed E-state index contributed by atoms with van der Waals surface area (Å²) in [4.78, 5) is 17.6. The van der Waals surface area contributed by atoms with Gasteiger partial charge in [-0.3, -0.25) is 0 Å². The fourth-order valence-electron chi connectivity index (χ4n) is 1.99. The molecule has 0 fully saturated rings. The highest BCUT2D eigenvalue weighted by molar-refractivity contribution is 7.10. The van der Waals surface area contributed by atoms with Gasteiger partial charge in [0.15, 0.2) is 0 Å². The number of thiophene rings is 1. The molecule has 2 aromatic rings. The quantitative estimate of drug-likeness (QED) is 0.854. The van der Waals surface area contributed by atoms with Crippen molar-refractivity contribution in [3.05, 3.63) is 38.5 Å². The Bertz CT molecular complexity index is 565. The summed E-state index contributed by atoms with van der Waals surface area (Å²) in [5.41, 5.74) is 1.04. The van der Waals surface area contributed by atoms with Gasteiger partial charge in [-0.1, -0.05) is 13.0 Å². The van der Waals surface area contributed by atoms with Crippen LogP contribution in [0.3, 0.4) is 0 Å². The highest BCUT2D eigenvalue weighted by Crippen LogP contribution is 2.18. The van der Waals surface area contributed by atoms with Gasteiger partial charge in [-0.2, -0.15) is 0 Å². The van der Waals surface area contributed by atoms with Gasteiger partial charge in [0.25, 0.3) is 0 Å².